The molecule has 0 saturated carbocycles. The van der Waals surface area contributed by atoms with Crippen molar-refractivity contribution in [2.75, 3.05) is 25.4 Å². The number of nitrogens with one attached hydrogen (secondary N) is 2. The van der Waals surface area contributed by atoms with Crippen LogP contribution < -0.4 is 16.5 Å². The maximum Gasteiger partial charge on any atom is 0.251 e. The fraction of sp³-hybridized carbons (Fsp3) is 0.471. The van der Waals surface area contributed by atoms with Gasteiger partial charge in [-0.15, -0.1) is 0 Å². The highest BCUT2D eigenvalue weighted by atomic mass is 16.5. The third kappa shape index (κ3) is 7.67. The summed E-state index contributed by atoms with van der Waals surface area (Å²) in [6.45, 7) is 3.20. The van der Waals surface area contributed by atoms with Gasteiger partial charge in [0.15, 0.2) is 0 Å². The van der Waals surface area contributed by atoms with Gasteiger partial charge in [0.1, 0.15) is 0 Å². The lowest BCUT2D eigenvalue weighted by Crippen LogP contribution is -2.38. The Hall–Kier alpha value is -2.61. The highest BCUT2D eigenvalue weighted by molar-refractivity contribution is 5.94. The summed E-state index contributed by atoms with van der Waals surface area (Å²) in [4.78, 5) is 36.7. The maximum absolute atomic E-state index is 12.1. The van der Waals surface area contributed by atoms with Crippen LogP contribution in [0.25, 0.3) is 0 Å². The van der Waals surface area contributed by atoms with E-state index < -0.39 is 5.91 Å². The number of nitrogen functional groups attached to an aromatic ring is 1. The Morgan fingerprint density at radius 2 is 1.76 bits per heavy atom. The fourth-order valence-corrected chi connectivity index (χ4v) is 2.28. The van der Waals surface area contributed by atoms with Gasteiger partial charge >= 0.3 is 0 Å². The van der Waals surface area contributed by atoms with Crippen molar-refractivity contribution in [2.45, 2.75) is 32.6 Å². The minimum atomic E-state index is -0.454. The van der Waals surface area contributed by atoms with Crippen molar-refractivity contribution in [1.82, 2.24) is 15.7 Å². The molecule has 1 aromatic rings. The molecule has 0 aliphatic carbocycles. The molecule has 3 amide bonds. The van der Waals surface area contributed by atoms with E-state index in [1.807, 2.05) is 6.92 Å². The fourth-order valence-electron chi connectivity index (χ4n) is 2.28. The molecule has 0 aromatic heterocycles. The molecule has 0 atom stereocenters. The van der Waals surface area contributed by atoms with Crippen LogP contribution in [-0.4, -0.2) is 47.5 Å². The van der Waals surface area contributed by atoms with E-state index in [2.05, 4.69) is 5.32 Å². The highest BCUT2D eigenvalue weighted by Crippen LogP contribution is 2.06. The van der Waals surface area contributed by atoms with Gasteiger partial charge in [0.25, 0.3) is 5.91 Å². The van der Waals surface area contributed by atoms with Crippen LogP contribution in [-0.2, 0) is 9.59 Å². The molecule has 8 heteroatoms. The molecule has 0 saturated heterocycles. The predicted molar refractivity (Wildman–Crippen MR) is 93.8 cm³/mol. The topological polar surface area (TPSA) is 125 Å². The second-order valence-electron chi connectivity index (χ2n) is 5.59. The summed E-state index contributed by atoms with van der Waals surface area (Å²) in [5, 5.41) is 11.2. The summed E-state index contributed by atoms with van der Waals surface area (Å²) in [7, 11) is 0. The molecule has 0 spiro atoms. The number of hydrogen-bond donors (Lipinski definition) is 4. The van der Waals surface area contributed by atoms with E-state index in [4.69, 9.17) is 10.9 Å². The number of nitrogens with two attached hydrogens (primary N) is 1. The van der Waals surface area contributed by atoms with Crippen LogP contribution >= 0.6 is 0 Å². The molecular formula is C17H26N4O4. The number of likely N-dealkylation sites (N-methyl/N-ethyl adjacent to an activating group) is 1. The lowest BCUT2D eigenvalue weighted by molar-refractivity contribution is -0.132. The molecule has 25 heavy (non-hydrogen) atoms. The zero-order valence-corrected chi connectivity index (χ0v) is 14.5. The largest absolute Gasteiger partial charge is 0.399 e. The minimum absolute atomic E-state index is 0.0198. The van der Waals surface area contributed by atoms with E-state index in [-0.39, 0.29) is 18.2 Å². The first-order valence-electron chi connectivity index (χ1n) is 8.32. The van der Waals surface area contributed by atoms with Crippen LogP contribution in [0, 0.1) is 0 Å². The summed E-state index contributed by atoms with van der Waals surface area (Å²) in [5.41, 5.74) is 8.26. The summed E-state index contributed by atoms with van der Waals surface area (Å²) in [6.07, 6.45) is 1.62. The van der Waals surface area contributed by atoms with Crippen LogP contribution in [0.3, 0.4) is 0 Å². The molecule has 0 aliphatic heterocycles. The van der Waals surface area contributed by atoms with E-state index in [0.29, 0.717) is 50.1 Å². The lowest BCUT2D eigenvalue weighted by Gasteiger charge is -2.21. The second kappa shape index (κ2) is 11.0. The quantitative estimate of drug-likeness (QED) is 0.216. The number of carbonyl (C=O) groups excluding carboxylic acids is 3. The van der Waals surface area contributed by atoms with Gasteiger partial charge in [0, 0.05) is 43.7 Å². The SMILES string of the molecule is CCN(CCNC(=O)c1ccc(N)cc1)C(=O)CCCCC(=O)NO. The average molecular weight is 350 g/mol. The zero-order chi connectivity index (χ0) is 18.7. The lowest BCUT2D eigenvalue weighted by atomic mass is 10.1. The Balaban J connectivity index is 2.30. The first-order chi connectivity index (χ1) is 12.0. The molecule has 138 valence electrons. The number of anilines is 1. The van der Waals surface area contributed by atoms with Crippen molar-refractivity contribution in [3.63, 3.8) is 0 Å². The highest BCUT2D eigenvalue weighted by Gasteiger charge is 2.12. The normalized spacial score (nSPS) is 10.2. The monoisotopic (exact) mass is 350 g/mol. The molecule has 1 aromatic carbocycles. The van der Waals surface area contributed by atoms with Crippen LogP contribution in [0.5, 0.6) is 0 Å². The molecule has 0 heterocycles. The molecule has 0 aliphatic rings. The summed E-state index contributed by atoms with van der Waals surface area (Å²) < 4.78 is 0. The van der Waals surface area contributed by atoms with Crippen LogP contribution in [0.2, 0.25) is 0 Å². The van der Waals surface area contributed by atoms with Crippen LogP contribution in [0.15, 0.2) is 24.3 Å². The van der Waals surface area contributed by atoms with Gasteiger partial charge in [-0.2, -0.15) is 0 Å². The predicted octanol–water partition coefficient (Wildman–Crippen LogP) is 0.913. The van der Waals surface area contributed by atoms with Crippen molar-refractivity contribution < 1.29 is 19.6 Å². The van der Waals surface area contributed by atoms with E-state index >= 15 is 0 Å². The molecule has 0 unspecified atom stereocenters. The number of amides is 3. The van der Waals surface area contributed by atoms with E-state index in [9.17, 15) is 14.4 Å². The van der Waals surface area contributed by atoms with Gasteiger partial charge in [-0.05, 0) is 44.0 Å². The molecule has 8 nitrogen and oxygen atoms in total. The summed E-state index contributed by atoms with van der Waals surface area (Å²) in [6, 6.07) is 6.62. The van der Waals surface area contributed by atoms with Crippen molar-refractivity contribution in [2.24, 2.45) is 0 Å². The van der Waals surface area contributed by atoms with Gasteiger partial charge < -0.3 is 16.0 Å². The third-order valence-electron chi connectivity index (χ3n) is 3.74. The number of rotatable bonds is 10. The number of carbonyl (C=O) groups is 3. The minimum Gasteiger partial charge on any atom is -0.399 e. The Labute approximate surface area is 147 Å². The van der Waals surface area contributed by atoms with Crippen molar-refractivity contribution in [3.05, 3.63) is 29.8 Å². The van der Waals surface area contributed by atoms with Crippen molar-refractivity contribution in [1.29, 1.82) is 0 Å². The molecule has 0 fully saturated rings. The third-order valence-corrected chi connectivity index (χ3v) is 3.74. The standard InChI is InChI=1S/C17H26N4O4/c1-2-21(16(23)6-4-3-5-15(22)20-25)12-11-19-17(24)13-7-9-14(18)10-8-13/h7-10,25H,2-6,11-12,18H2,1H3,(H,19,24)(H,20,22). The van der Waals surface area contributed by atoms with Gasteiger partial charge in [-0.25, -0.2) is 5.48 Å². The molecule has 1 rings (SSSR count). The molecule has 0 bridgehead atoms. The van der Waals surface area contributed by atoms with Crippen LogP contribution in [0.1, 0.15) is 43.0 Å². The van der Waals surface area contributed by atoms with Gasteiger partial charge in [-0.3, -0.25) is 19.6 Å². The number of unbranched alkanes of at least 4 members (excludes halogenated alkanes) is 1. The number of nitrogens with zero attached hydrogens (tertiary/aromatic N) is 1. The number of hydrogen-bond acceptors (Lipinski definition) is 5. The molecule has 0 radical (unpaired) electrons. The van der Waals surface area contributed by atoms with Crippen molar-refractivity contribution in [3.8, 4) is 0 Å². The van der Waals surface area contributed by atoms with Crippen LogP contribution in [0.4, 0.5) is 5.69 Å². The zero-order valence-electron chi connectivity index (χ0n) is 14.5. The Kier molecular flexibility index (Phi) is 9.02. The smallest absolute Gasteiger partial charge is 0.251 e. The Morgan fingerprint density at radius 1 is 1.12 bits per heavy atom. The van der Waals surface area contributed by atoms with Gasteiger partial charge in [0.05, 0.1) is 0 Å². The Morgan fingerprint density at radius 3 is 2.36 bits per heavy atom. The summed E-state index contributed by atoms with van der Waals surface area (Å²) >= 11 is 0. The van der Waals surface area contributed by atoms with E-state index in [1.165, 1.54) is 0 Å². The molecular weight excluding hydrogens is 324 g/mol. The summed E-state index contributed by atoms with van der Waals surface area (Å²) in [5.74, 6) is -0.683. The average Bonchev–Trinajstić information content (AvgIpc) is 2.62. The van der Waals surface area contributed by atoms with Gasteiger partial charge in [0.2, 0.25) is 11.8 Å². The first kappa shape index (κ1) is 20.4. The first-order valence-corrected chi connectivity index (χ1v) is 8.32. The Bertz CT molecular complexity index is 575. The van der Waals surface area contributed by atoms with Gasteiger partial charge in [-0.1, -0.05) is 0 Å². The number of hydroxylamine groups is 1. The second-order valence-corrected chi connectivity index (χ2v) is 5.59. The van der Waals surface area contributed by atoms with Crippen molar-refractivity contribution >= 4 is 23.4 Å². The maximum atomic E-state index is 12.1. The number of benzene rings is 1. The molecule has 5 N–H and O–H groups in total. The van der Waals surface area contributed by atoms with E-state index in [1.54, 1.807) is 34.6 Å². The van der Waals surface area contributed by atoms with E-state index in [0.717, 1.165) is 0 Å².